The van der Waals surface area contributed by atoms with Gasteiger partial charge in [-0.15, -0.1) is 0 Å². The van der Waals surface area contributed by atoms with Crippen LogP contribution in [0.4, 0.5) is 0 Å². The average Bonchev–Trinajstić information content (AvgIpc) is 3.18. The lowest BCUT2D eigenvalue weighted by Crippen LogP contribution is -2.40. The Balaban J connectivity index is 1.63. The van der Waals surface area contributed by atoms with E-state index < -0.39 is 12.0 Å². The molecule has 0 aliphatic carbocycles. The number of benzene rings is 3. The normalized spacial score (nSPS) is 15.2. The van der Waals surface area contributed by atoms with Crippen molar-refractivity contribution >= 4 is 35.0 Å². The minimum atomic E-state index is -0.751. The van der Waals surface area contributed by atoms with Gasteiger partial charge >= 0.3 is 5.97 Å². The first-order valence-electron chi connectivity index (χ1n) is 11.7. The Hall–Kier alpha value is -3.94. The molecule has 186 valence electrons. The maximum atomic E-state index is 13.8. The molecule has 4 aromatic rings. The number of hydrogen-bond acceptors (Lipinski definition) is 6. The first-order chi connectivity index (χ1) is 18.0. The van der Waals surface area contributed by atoms with Gasteiger partial charge in [0.05, 0.1) is 22.4 Å². The molecule has 0 bridgehead atoms. The van der Waals surface area contributed by atoms with Gasteiger partial charge in [-0.2, -0.15) is 0 Å². The van der Waals surface area contributed by atoms with Crippen LogP contribution in [0.3, 0.4) is 0 Å². The Labute approximate surface area is 222 Å². The summed E-state index contributed by atoms with van der Waals surface area (Å²) < 4.78 is 13.3. The number of allylic oxidation sites excluding steroid dienone is 1. The zero-order valence-electron chi connectivity index (χ0n) is 20.2. The van der Waals surface area contributed by atoms with E-state index in [1.165, 1.54) is 15.9 Å². The molecule has 0 saturated heterocycles. The van der Waals surface area contributed by atoms with Gasteiger partial charge in [-0.3, -0.25) is 9.36 Å². The van der Waals surface area contributed by atoms with Crippen LogP contribution in [0.2, 0.25) is 5.02 Å². The minimum Gasteiger partial charge on any atom is -0.463 e. The minimum absolute atomic E-state index is 0.205. The van der Waals surface area contributed by atoms with Gasteiger partial charge in [-0.25, -0.2) is 9.79 Å². The third-order valence-electron chi connectivity index (χ3n) is 5.85. The molecule has 37 heavy (non-hydrogen) atoms. The molecule has 0 amide bonds. The Bertz CT molecular complexity index is 1690. The molecule has 3 aromatic carbocycles. The second-order valence-corrected chi connectivity index (χ2v) is 9.73. The maximum absolute atomic E-state index is 13.8. The Morgan fingerprint density at radius 3 is 2.54 bits per heavy atom. The number of aromatic nitrogens is 1. The van der Waals surface area contributed by atoms with Crippen LogP contribution in [-0.4, -0.2) is 17.1 Å². The van der Waals surface area contributed by atoms with Crippen molar-refractivity contribution in [2.45, 2.75) is 19.9 Å². The van der Waals surface area contributed by atoms with Crippen LogP contribution < -0.4 is 19.6 Å². The van der Waals surface area contributed by atoms with Gasteiger partial charge in [0, 0.05) is 5.02 Å². The predicted molar refractivity (Wildman–Crippen MR) is 145 cm³/mol. The van der Waals surface area contributed by atoms with Crippen LogP contribution in [-0.2, 0) is 9.53 Å². The zero-order valence-corrected chi connectivity index (χ0v) is 21.8. The summed E-state index contributed by atoms with van der Waals surface area (Å²) in [6.45, 7) is 3.69. The second kappa shape index (κ2) is 10.6. The SMILES string of the molecule is CCOC(=O)C1=C(C)N=c2s/c(=C/c3cccc(Oc4ccccc4)c3)c(=O)n2[C@@H]1c1ccccc1Cl. The molecule has 2 heterocycles. The van der Waals surface area contributed by atoms with Crippen LogP contribution in [0, 0.1) is 0 Å². The summed E-state index contributed by atoms with van der Waals surface area (Å²) in [6.07, 6.45) is 1.80. The first-order valence-corrected chi connectivity index (χ1v) is 12.9. The Kier molecular flexibility index (Phi) is 7.08. The molecule has 1 aliphatic heterocycles. The van der Waals surface area contributed by atoms with E-state index in [4.69, 9.17) is 21.1 Å². The highest BCUT2D eigenvalue weighted by atomic mass is 35.5. The molecule has 0 N–H and O–H groups in total. The molecule has 5 rings (SSSR count). The van der Waals surface area contributed by atoms with E-state index in [2.05, 4.69) is 4.99 Å². The topological polar surface area (TPSA) is 69.9 Å². The van der Waals surface area contributed by atoms with Crippen molar-refractivity contribution in [2.75, 3.05) is 6.61 Å². The quantitative estimate of drug-likeness (QED) is 0.319. The Morgan fingerprint density at radius 1 is 1.05 bits per heavy atom. The number of fused-ring (bicyclic) bond motifs is 1. The number of rotatable bonds is 6. The summed E-state index contributed by atoms with van der Waals surface area (Å²) in [5.41, 5.74) is 1.96. The van der Waals surface area contributed by atoms with Crippen molar-refractivity contribution in [3.63, 3.8) is 0 Å². The fourth-order valence-corrected chi connectivity index (χ4v) is 5.51. The lowest BCUT2D eigenvalue weighted by Gasteiger charge is -2.25. The van der Waals surface area contributed by atoms with Crippen molar-refractivity contribution < 1.29 is 14.3 Å². The van der Waals surface area contributed by atoms with Gasteiger partial charge in [0.15, 0.2) is 4.80 Å². The van der Waals surface area contributed by atoms with Gasteiger partial charge < -0.3 is 9.47 Å². The molecule has 0 fully saturated rings. The van der Waals surface area contributed by atoms with E-state index >= 15 is 0 Å². The number of hydrogen-bond donors (Lipinski definition) is 0. The lowest BCUT2D eigenvalue weighted by atomic mass is 9.96. The van der Waals surface area contributed by atoms with Crippen molar-refractivity contribution in [1.29, 1.82) is 0 Å². The smallest absolute Gasteiger partial charge is 0.338 e. The summed E-state index contributed by atoms with van der Waals surface area (Å²) in [7, 11) is 0. The molecular weight excluding hydrogens is 508 g/mol. The molecular formula is C29H23ClN2O4S. The van der Waals surface area contributed by atoms with E-state index in [-0.39, 0.29) is 12.2 Å². The summed E-state index contributed by atoms with van der Waals surface area (Å²) >= 11 is 7.81. The number of carbonyl (C=O) groups excluding carboxylic acids is 1. The molecule has 1 atom stereocenters. The summed E-state index contributed by atoms with van der Waals surface area (Å²) in [4.78, 5) is 31.8. The van der Waals surface area contributed by atoms with E-state index in [0.717, 1.165) is 11.3 Å². The summed E-state index contributed by atoms with van der Waals surface area (Å²) in [5.74, 6) is 0.858. The van der Waals surface area contributed by atoms with E-state index in [1.54, 1.807) is 32.1 Å². The molecule has 8 heteroatoms. The van der Waals surface area contributed by atoms with Crippen LogP contribution in [0.25, 0.3) is 6.08 Å². The maximum Gasteiger partial charge on any atom is 0.338 e. The third kappa shape index (κ3) is 5.01. The number of halogens is 1. The highest BCUT2D eigenvalue weighted by Crippen LogP contribution is 2.34. The number of para-hydroxylation sites is 1. The fourth-order valence-electron chi connectivity index (χ4n) is 4.23. The molecule has 6 nitrogen and oxygen atoms in total. The average molecular weight is 531 g/mol. The van der Waals surface area contributed by atoms with Crippen LogP contribution in [0.15, 0.2) is 99.9 Å². The van der Waals surface area contributed by atoms with Gasteiger partial charge in [0.2, 0.25) is 0 Å². The van der Waals surface area contributed by atoms with Gasteiger partial charge in [-0.1, -0.05) is 71.5 Å². The fraction of sp³-hybridized carbons (Fsp3) is 0.138. The summed E-state index contributed by atoms with van der Waals surface area (Å²) in [6, 6.07) is 23.4. The molecule has 0 unspecified atom stereocenters. The molecule has 0 radical (unpaired) electrons. The van der Waals surface area contributed by atoms with Gasteiger partial charge in [0.25, 0.3) is 5.56 Å². The highest BCUT2D eigenvalue weighted by Gasteiger charge is 2.34. The second-order valence-electron chi connectivity index (χ2n) is 8.31. The van der Waals surface area contributed by atoms with Crippen molar-refractivity contribution in [3.8, 4) is 11.5 Å². The van der Waals surface area contributed by atoms with E-state index in [1.807, 2.05) is 66.7 Å². The van der Waals surface area contributed by atoms with E-state index in [9.17, 15) is 9.59 Å². The molecule has 0 saturated carbocycles. The van der Waals surface area contributed by atoms with Crippen LogP contribution in [0.1, 0.15) is 31.0 Å². The number of ether oxygens (including phenoxy) is 2. The van der Waals surface area contributed by atoms with Crippen molar-refractivity contribution in [3.05, 3.63) is 126 Å². The zero-order chi connectivity index (χ0) is 25.9. The van der Waals surface area contributed by atoms with Gasteiger partial charge in [0.1, 0.15) is 17.5 Å². The highest BCUT2D eigenvalue weighted by molar-refractivity contribution is 7.07. The monoisotopic (exact) mass is 530 g/mol. The van der Waals surface area contributed by atoms with Crippen LogP contribution >= 0.6 is 22.9 Å². The summed E-state index contributed by atoms with van der Waals surface area (Å²) in [5, 5.41) is 0.448. The Morgan fingerprint density at radius 2 is 1.78 bits per heavy atom. The molecule has 1 aliphatic rings. The van der Waals surface area contributed by atoms with Gasteiger partial charge in [-0.05, 0) is 61.4 Å². The van der Waals surface area contributed by atoms with Crippen molar-refractivity contribution in [2.24, 2.45) is 4.99 Å². The van der Waals surface area contributed by atoms with Crippen molar-refractivity contribution in [1.82, 2.24) is 4.57 Å². The van der Waals surface area contributed by atoms with Crippen LogP contribution in [0.5, 0.6) is 11.5 Å². The molecule has 1 aromatic heterocycles. The third-order valence-corrected chi connectivity index (χ3v) is 7.18. The number of thiazole rings is 1. The molecule has 0 spiro atoms. The van der Waals surface area contributed by atoms with E-state index in [0.29, 0.717) is 36.9 Å². The first kappa shape index (κ1) is 24.7. The largest absolute Gasteiger partial charge is 0.463 e. The number of carbonyl (C=O) groups is 1. The lowest BCUT2D eigenvalue weighted by molar-refractivity contribution is -0.139. The number of nitrogens with zero attached hydrogens (tertiary/aromatic N) is 2. The number of esters is 1. The standard InChI is InChI=1S/C29H23ClN2O4S/c1-3-35-28(34)25-18(2)31-29-32(26(25)22-14-7-8-15-23(22)30)27(33)24(37-29)17-19-10-9-13-21(16-19)36-20-11-5-4-6-12-20/h4-17,26H,3H2,1-2H3/b24-17+/t26-/m1/s1. The predicted octanol–water partition coefficient (Wildman–Crippen LogP) is 5.24.